The Morgan fingerprint density at radius 1 is 1.07 bits per heavy atom. The van der Waals surface area contributed by atoms with Crippen molar-refractivity contribution in [2.45, 2.75) is 32.1 Å². The van der Waals surface area contributed by atoms with Crippen LogP contribution in [0.5, 0.6) is 0 Å². The average molecular weight is 194 g/mol. The van der Waals surface area contributed by atoms with Gasteiger partial charge in [0.2, 0.25) is 0 Å². The summed E-state index contributed by atoms with van der Waals surface area (Å²) in [5.41, 5.74) is 0.787. The smallest absolute Gasteiger partial charge is 0.00506 e. The minimum Gasteiger partial charge on any atom is -0.316 e. The van der Waals surface area contributed by atoms with Crippen LogP contribution >= 0.6 is 0 Å². The summed E-state index contributed by atoms with van der Waals surface area (Å²) in [7, 11) is 0. The standard InChI is InChI=1S/C12H22N2/c1-2-4-12(5-3-1)9-14(10-12)8-11-6-13-7-11/h11,13H,1-10H2. The van der Waals surface area contributed by atoms with Crippen molar-refractivity contribution in [3.05, 3.63) is 0 Å². The van der Waals surface area contributed by atoms with E-state index in [0.717, 1.165) is 11.3 Å². The second kappa shape index (κ2) is 3.49. The third kappa shape index (κ3) is 1.59. The number of nitrogens with one attached hydrogen (secondary N) is 1. The highest BCUT2D eigenvalue weighted by Gasteiger charge is 2.43. The van der Waals surface area contributed by atoms with Crippen LogP contribution in [0, 0.1) is 11.3 Å². The highest BCUT2D eigenvalue weighted by atomic mass is 15.2. The fourth-order valence-corrected chi connectivity index (χ4v) is 3.49. The second-order valence-electron chi connectivity index (χ2n) is 5.75. The van der Waals surface area contributed by atoms with Gasteiger partial charge in [-0.1, -0.05) is 19.3 Å². The molecule has 1 spiro atoms. The zero-order valence-corrected chi connectivity index (χ0v) is 9.10. The van der Waals surface area contributed by atoms with E-state index in [1.165, 1.54) is 64.8 Å². The molecule has 2 aliphatic heterocycles. The van der Waals surface area contributed by atoms with Gasteiger partial charge in [0, 0.05) is 32.7 Å². The monoisotopic (exact) mass is 194 g/mol. The molecule has 1 saturated carbocycles. The van der Waals surface area contributed by atoms with Gasteiger partial charge in [-0.15, -0.1) is 0 Å². The van der Waals surface area contributed by atoms with Crippen molar-refractivity contribution >= 4 is 0 Å². The number of nitrogens with zero attached hydrogens (tertiary/aromatic N) is 1. The minimum atomic E-state index is 0.787. The van der Waals surface area contributed by atoms with Gasteiger partial charge in [-0.3, -0.25) is 0 Å². The van der Waals surface area contributed by atoms with Crippen LogP contribution in [0.4, 0.5) is 0 Å². The van der Waals surface area contributed by atoms with E-state index in [2.05, 4.69) is 10.2 Å². The highest BCUT2D eigenvalue weighted by molar-refractivity contribution is 4.97. The van der Waals surface area contributed by atoms with Crippen LogP contribution in [0.15, 0.2) is 0 Å². The summed E-state index contributed by atoms with van der Waals surface area (Å²) >= 11 is 0. The lowest BCUT2D eigenvalue weighted by Gasteiger charge is -2.54. The van der Waals surface area contributed by atoms with Gasteiger partial charge in [-0.05, 0) is 24.2 Å². The fraction of sp³-hybridized carbons (Fsp3) is 1.00. The van der Waals surface area contributed by atoms with Gasteiger partial charge in [-0.2, -0.15) is 0 Å². The molecule has 3 fully saturated rings. The Bertz CT molecular complexity index is 196. The number of likely N-dealkylation sites (tertiary alicyclic amines) is 1. The van der Waals surface area contributed by atoms with Crippen molar-refractivity contribution in [2.24, 2.45) is 11.3 Å². The molecule has 3 aliphatic rings. The van der Waals surface area contributed by atoms with Crippen molar-refractivity contribution in [3.63, 3.8) is 0 Å². The van der Waals surface area contributed by atoms with E-state index in [0.29, 0.717) is 0 Å². The van der Waals surface area contributed by atoms with Crippen LogP contribution in [0.25, 0.3) is 0 Å². The molecular formula is C12H22N2. The summed E-state index contributed by atoms with van der Waals surface area (Å²) in [6.45, 7) is 6.74. The molecule has 0 amide bonds. The van der Waals surface area contributed by atoms with Gasteiger partial charge < -0.3 is 10.2 Å². The Hall–Kier alpha value is -0.0800. The van der Waals surface area contributed by atoms with Gasteiger partial charge >= 0.3 is 0 Å². The summed E-state index contributed by atoms with van der Waals surface area (Å²) < 4.78 is 0. The van der Waals surface area contributed by atoms with E-state index < -0.39 is 0 Å². The third-order valence-corrected chi connectivity index (χ3v) is 4.41. The van der Waals surface area contributed by atoms with Gasteiger partial charge in [0.15, 0.2) is 0 Å². The van der Waals surface area contributed by atoms with Crippen molar-refractivity contribution in [1.82, 2.24) is 10.2 Å². The molecule has 3 rings (SSSR count). The second-order valence-corrected chi connectivity index (χ2v) is 5.75. The summed E-state index contributed by atoms with van der Waals surface area (Å²) in [6.07, 6.45) is 7.53. The third-order valence-electron chi connectivity index (χ3n) is 4.41. The van der Waals surface area contributed by atoms with Crippen LogP contribution in [0.3, 0.4) is 0 Å². The first-order chi connectivity index (χ1) is 6.86. The van der Waals surface area contributed by atoms with Crippen LogP contribution in [-0.2, 0) is 0 Å². The Labute approximate surface area is 87.0 Å². The number of hydrogen-bond acceptors (Lipinski definition) is 2. The van der Waals surface area contributed by atoms with Gasteiger partial charge in [-0.25, -0.2) is 0 Å². The van der Waals surface area contributed by atoms with Crippen LogP contribution in [0.1, 0.15) is 32.1 Å². The van der Waals surface area contributed by atoms with E-state index >= 15 is 0 Å². The maximum absolute atomic E-state index is 3.36. The molecule has 0 aromatic rings. The topological polar surface area (TPSA) is 15.3 Å². The van der Waals surface area contributed by atoms with Crippen molar-refractivity contribution in [3.8, 4) is 0 Å². The Balaban J connectivity index is 1.44. The zero-order valence-electron chi connectivity index (χ0n) is 9.10. The molecule has 1 aliphatic carbocycles. The SMILES string of the molecule is C1CCC2(CC1)CN(CC1CNC1)C2. The fourth-order valence-electron chi connectivity index (χ4n) is 3.49. The largest absolute Gasteiger partial charge is 0.316 e. The van der Waals surface area contributed by atoms with Crippen molar-refractivity contribution in [2.75, 3.05) is 32.7 Å². The maximum Gasteiger partial charge on any atom is 0.00506 e. The molecule has 2 heteroatoms. The maximum atomic E-state index is 3.36. The summed E-state index contributed by atoms with van der Waals surface area (Å²) in [4.78, 5) is 2.69. The molecule has 0 unspecified atom stereocenters. The first-order valence-electron chi connectivity index (χ1n) is 6.29. The van der Waals surface area contributed by atoms with E-state index in [4.69, 9.17) is 0 Å². The normalized spacial score (nSPS) is 32.6. The van der Waals surface area contributed by atoms with Crippen molar-refractivity contribution in [1.29, 1.82) is 0 Å². The molecule has 14 heavy (non-hydrogen) atoms. The highest BCUT2D eigenvalue weighted by Crippen LogP contribution is 2.43. The van der Waals surface area contributed by atoms with Gasteiger partial charge in [0.05, 0.1) is 0 Å². The molecule has 2 nitrogen and oxygen atoms in total. The molecule has 0 aromatic carbocycles. The summed E-state index contributed by atoms with van der Waals surface area (Å²) in [5.74, 6) is 0.968. The van der Waals surface area contributed by atoms with E-state index in [9.17, 15) is 0 Å². The predicted octanol–water partition coefficient (Wildman–Crippen LogP) is 1.47. The minimum absolute atomic E-state index is 0.787. The summed E-state index contributed by atoms with van der Waals surface area (Å²) in [5, 5.41) is 3.36. The van der Waals surface area contributed by atoms with Gasteiger partial charge in [0.1, 0.15) is 0 Å². The molecule has 0 aromatic heterocycles. The van der Waals surface area contributed by atoms with E-state index in [-0.39, 0.29) is 0 Å². The molecular weight excluding hydrogens is 172 g/mol. The molecule has 2 saturated heterocycles. The first-order valence-corrected chi connectivity index (χ1v) is 6.29. The molecule has 2 heterocycles. The summed E-state index contributed by atoms with van der Waals surface area (Å²) in [6, 6.07) is 0. The molecule has 0 atom stereocenters. The van der Waals surface area contributed by atoms with Crippen molar-refractivity contribution < 1.29 is 0 Å². The number of rotatable bonds is 2. The predicted molar refractivity (Wildman–Crippen MR) is 58.3 cm³/mol. The lowest BCUT2D eigenvalue weighted by molar-refractivity contribution is -0.0400. The van der Waals surface area contributed by atoms with Gasteiger partial charge in [0.25, 0.3) is 0 Å². The lowest BCUT2D eigenvalue weighted by Crippen LogP contribution is -2.60. The lowest BCUT2D eigenvalue weighted by atomic mass is 9.68. The number of hydrogen-bond donors (Lipinski definition) is 1. The van der Waals surface area contributed by atoms with Crippen LogP contribution in [-0.4, -0.2) is 37.6 Å². The Morgan fingerprint density at radius 3 is 2.36 bits per heavy atom. The van der Waals surface area contributed by atoms with E-state index in [1.54, 1.807) is 0 Å². The molecule has 80 valence electrons. The molecule has 1 N–H and O–H groups in total. The Kier molecular flexibility index (Phi) is 2.29. The Morgan fingerprint density at radius 2 is 1.79 bits per heavy atom. The molecule has 0 bridgehead atoms. The van der Waals surface area contributed by atoms with Crippen LogP contribution in [0.2, 0.25) is 0 Å². The average Bonchev–Trinajstić information content (AvgIpc) is 2.10. The zero-order chi connectivity index (χ0) is 9.43. The van der Waals surface area contributed by atoms with Crippen LogP contribution < -0.4 is 5.32 Å². The van der Waals surface area contributed by atoms with E-state index in [1.807, 2.05) is 0 Å². The quantitative estimate of drug-likeness (QED) is 0.716. The molecule has 0 radical (unpaired) electrons. The first kappa shape index (κ1) is 9.17.